The number of amides is 1. The number of methoxy groups -OCH3 is 2. The van der Waals surface area contributed by atoms with Gasteiger partial charge in [-0.15, -0.1) is 0 Å². The molecule has 2 heterocycles. The van der Waals surface area contributed by atoms with Crippen LogP contribution in [0, 0.1) is 0 Å². The maximum absolute atomic E-state index is 12.9. The van der Waals surface area contributed by atoms with Gasteiger partial charge in [0.2, 0.25) is 0 Å². The highest BCUT2D eigenvalue weighted by Gasteiger charge is 2.20. The summed E-state index contributed by atoms with van der Waals surface area (Å²) in [6.45, 7) is 0.364. The lowest BCUT2D eigenvalue weighted by Gasteiger charge is -2.15. The number of hydrogen-bond donors (Lipinski definition) is 3. The summed E-state index contributed by atoms with van der Waals surface area (Å²) in [5.41, 5.74) is 0.946. The number of aromatic amines is 1. The van der Waals surface area contributed by atoms with Crippen LogP contribution in [0.5, 0.6) is 11.5 Å². The van der Waals surface area contributed by atoms with Crippen LogP contribution in [-0.4, -0.2) is 30.1 Å². The normalized spacial score (nSPS) is 10.2. The molecule has 0 atom stereocenters. The average molecular weight is 380 g/mol. The summed E-state index contributed by atoms with van der Waals surface area (Å²) in [6.07, 6.45) is 3.15. The molecule has 0 spiro atoms. The van der Waals surface area contributed by atoms with Gasteiger partial charge in [-0.25, -0.2) is 0 Å². The Morgan fingerprint density at radius 1 is 1.07 bits per heavy atom. The van der Waals surface area contributed by atoms with Crippen LogP contribution >= 0.6 is 0 Å². The topological polar surface area (TPSA) is 105 Å². The third kappa shape index (κ3) is 4.12. The van der Waals surface area contributed by atoms with Gasteiger partial charge in [-0.2, -0.15) is 0 Å². The SMILES string of the molecule is COc1cccc(OC)c1NC(=O)c1c(NCc2ccccn2)cc[nH]c1=O. The highest BCUT2D eigenvalue weighted by molar-refractivity contribution is 6.09. The number of H-pyrrole nitrogens is 1. The lowest BCUT2D eigenvalue weighted by molar-refractivity contribution is 0.102. The maximum atomic E-state index is 12.9. The zero-order valence-corrected chi connectivity index (χ0v) is 15.5. The summed E-state index contributed by atoms with van der Waals surface area (Å²) in [5, 5.41) is 5.80. The van der Waals surface area contributed by atoms with Crippen LogP contribution in [0.3, 0.4) is 0 Å². The van der Waals surface area contributed by atoms with E-state index in [2.05, 4.69) is 20.6 Å². The second-order valence-corrected chi connectivity index (χ2v) is 5.76. The number of anilines is 2. The zero-order valence-electron chi connectivity index (χ0n) is 15.5. The van der Waals surface area contributed by atoms with Gasteiger partial charge in [-0.05, 0) is 30.3 Å². The van der Waals surface area contributed by atoms with Crippen molar-refractivity contribution in [2.24, 2.45) is 0 Å². The molecule has 0 bridgehead atoms. The fourth-order valence-electron chi connectivity index (χ4n) is 2.69. The predicted molar refractivity (Wildman–Crippen MR) is 106 cm³/mol. The largest absolute Gasteiger partial charge is 0.494 e. The first-order chi connectivity index (χ1) is 13.6. The second kappa shape index (κ2) is 8.72. The van der Waals surface area contributed by atoms with E-state index < -0.39 is 11.5 Å². The molecule has 0 saturated heterocycles. The van der Waals surface area contributed by atoms with Crippen LogP contribution in [0.15, 0.2) is 59.7 Å². The minimum atomic E-state index is -0.590. The molecule has 3 N–H and O–H groups in total. The molecule has 1 amide bonds. The van der Waals surface area contributed by atoms with Gasteiger partial charge in [0.15, 0.2) is 0 Å². The lowest BCUT2D eigenvalue weighted by atomic mass is 10.2. The van der Waals surface area contributed by atoms with Crippen molar-refractivity contribution in [1.82, 2.24) is 9.97 Å². The molecule has 0 saturated carbocycles. The molecular formula is C20H20N4O4. The molecule has 0 aliphatic heterocycles. The van der Waals surface area contributed by atoms with Crippen LogP contribution < -0.4 is 25.7 Å². The minimum absolute atomic E-state index is 0.0496. The third-order valence-electron chi connectivity index (χ3n) is 4.04. The van der Waals surface area contributed by atoms with Crippen molar-refractivity contribution >= 4 is 17.3 Å². The Kier molecular flexibility index (Phi) is 5.91. The van der Waals surface area contributed by atoms with Crippen LogP contribution in [0.25, 0.3) is 0 Å². The number of ether oxygens (including phenoxy) is 2. The van der Waals surface area contributed by atoms with Crippen LogP contribution in [0.2, 0.25) is 0 Å². The van der Waals surface area contributed by atoms with E-state index in [1.165, 1.54) is 20.4 Å². The van der Waals surface area contributed by atoms with E-state index in [1.807, 2.05) is 18.2 Å². The second-order valence-electron chi connectivity index (χ2n) is 5.76. The lowest BCUT2D eigenvalue weighted by Crippen LogP contribution is -2.25. The molecule has 0 fully saturated rings. The maximum Gasteiger partial charge on any atom is 0.263 e. The van der Waals surface area contributed by atoms with Gasteiger partial charge in [0.25, 0.3) is 11.5 Å². The van der Waals surface area contributed by atoms with E-state index in [9.17, 15) is 9.59 Å². The van der Waals surface area contributed by atoms with Crippen molar-refractivity contribution in [3.8, 4) is 11.5 Å². The van der Waals surface area contributed by atoms with Crippen molar-refractivity contribution in [2.75, 3.05) is 24.9 Å². The van der Waals surface area contributed by atoms with E-state index in [1.54, 1.807) is 30.5 Å². The number of carbonyl (C=O) groups is 1. The summed E-state index contributed by atoms with van der Waals surface area (Å²) in [5.74, 6) is 0.249. The predicted octanol–water partition coefficient (Wildman–Crippen LogP) is 2.65. The molecule has 0 aliphatic rings. The highest BCUT2D eigenvalue weighted by Crippen LogP contribution is 2.34. The fraction of sp³-hybridized carbons (Fsp3) is 0.150. The molecule has 0 unspecified atom stereocenters. The van der Waals surface area contributed by atoms with Gasteiger partial charge in [0, 0.05) is 12.4 Å². The number of hydrogen-bond acceptors (Lipinski definition) is 6. The summed E-state index contributed by atoms with van der Waals surface area (Å²) in [7, 11) is 2.97. The van der Waals surface area contributed by atoms with E-state index in [-0.39, 0.29) is 5.56 Å². The number of aromatic nitrogens is 2. The van der Waals surface area contributed by atoms with Crippen LogP contribution in [0.1, 0.15) is 16.1 Å². The molecule has 2 aromatic heterocycles. The Morgan fingerprint density at radius 2 is 1.82 bits per heavy atom. The number of pyridine rings is 2. The van der Waals surface area contributed by atoms with Crippen molar-refractivity contribution in [2.45, 2.75) is 6.54 Å². The average Bonchev–Trinajstić information content (AvgIpc) is 2.73. The number of nitrogens with one attached hydrogen (secondary N) is 3. The molecule has 8 nitrogen and oxygen atoms in total. The van der Waals surface area contributed by atoms with Gasteiger partial charge < -0.3 is 25.1 Å². The zero-order chi connectivity index (χ0) is 19.9. The van der Waals surface area contributed by atoms with E-state index in [4.69, 9.17) is 9.47 Å². The standard InChI is InChI=1S/C20H20N4O4/c1-27-15-7-5-8-16(28-2)18(15)24-20(26)17-14(9-11-22-19(17)25)23-12-13-6-3-4-10-21-13/h3-11H,12H2,1-2H3,(H,24,26)(H2,22,23,25). The van der Waals surface area contributed by atoms with Gasteiger partial charge in [-0.1, -0.05) is 12.1 Å². The summed E-state index contributed by atoms with van der Waals surface area (Å²) < 4.78 is 10.6. The molecule has 1 aromatic carbocycles. The molecule has 3 rings (SSSR count). The Bertz CT molecular complexity index is 996. The summed E-state index contributed by atoms with van der Waals surface area (Å²) in [4.78, 5) is 32.0. The molecule has 144 valence electrons. The number of nitrogens with zero attached hydrogens (tertiary/aromatic N) is 1. The van der Waals surface area contributed by atoms with E-state index in [0.717, 1.165) is 5.69 Å². The van der Waals surface area contributed by atoms with E-state index >= 15 is 0 Å². The first kappa shape index (κ1) is 19.0. The van der Waals surface area contributed by atoms with Gasteiger partial charge in [0.1, 0.15) is 22.7 Å². The monoisotopic (exact) mass is 380 g/mol. The van der Waals surface area contributed by atoms with Crippen molar-refractivity contribution in [3.63, 3.8) is 0 Å². The number of benzene rings is 1. The first-order valence-electron chi connectivity index (χ1n) is 8.52. The molecule has 8 heteroatoms. The van der Waals surface area contributed by atoms with Crippen molar-refractivity contribution in [1.29, 1.82) is 0 Å². The third-order valence-corrected chi connectivity index (χ3v) is 4.04. The summed E-state index contributed by atoms with van der Waals surface area (Å²) >= 11 is 0. The number of carbonyl (C=O) groups excluding carboxylic acids is 1. The first-order valence-corrected chi connectivity index (χ1v) is 8.52. The molecular weight excluding hydrogens is 360 g/mol. The number of rotatable bonds is 7. The quantitative estimate of drug-likeness (QED) is 0.582. The molecule has 28 heavy (non-hydrogen) atoms. The smallest absolute Gasteiger partial charge is 0.263 e. The Morgan fingerprint density at radius 3 is 2.46 bits per heavy atom. The molecule has 0 aliphatic carbocycles. The van der Waals surface area contributed by atoms with Crippen molar-refractivity contribution < 1.29 is 14.3 Å². The molecule has 0 radical (unpaired) electrons. The van der Waals surface area contributed by atoms with Gasteiger partial charge >= 0.3 is 0 Å². The number of para-hydroxylation sites is 1. The highest BCUT2D eigenvalue weighted by atomic mass is 16.5. The van der Waals surface area contributed by atoms with Crippen LogP contribution in [0.4, 0.5) is 11.4 Å². The Labute approximate surface area is 161 Å². The van der Waals surface area contributed by atoms with E-state index in [0.29, 0.717) is 29.4 Å². The summed E-state index contributed by atoms with van der Waals surface area (Å²) in [6, 6.07) is 12.3. The van der Waals surface area contributed by atoms with Crippen molar-refractivity contribution in [3.05, 3.63) is 76.5 Å². The minimum Gasteiger partial charge on any atom is -0.494 e. The van der Waals surface area contributed by atoms with Gasteiger partial charge in [-0.3, -0.25) is 14.6 Å². The fourth-order valence-corrected chi connectivity index (χ4v) is 2.69. The Balaban J connectivity index is 1.89. The van der Waals surface area contributed by atoms with Crippen LogP contribution in [-0.2, 0) is 6.54 Å². The Hall–Kier alpha value is -3.81. The van der Waals surface area contributed by atoms with Gasteiger partial charge in [0.05, 0.1) is 32.1 Å². The molecule has 3 aromatic rings.